The van der Waals surface area contributed by atoms with E-state index < -0.39 is 10.0 Å². The molecule has 0 bridgehead atoms. The molecule has 2 aromatic rings. The Bertz CT molecular complexity index is 1120. The van der Waals surface area contributed by atoms with Crippen molar-refractivity contribution in [3.8, 4) is 11.5 Å². The SMILES string of the molecule is CC1CC1c1ccc(CN(C(=O)CCNS(=O)(=O)c2ccc3c(c2)OCCCO3)C2CC2)o1. The van der Waals surface area contributed by atoms with Gasteiger partial charge >= 0.3 is 0 Å². The van der Waals surface area contributed by atoms with Crippen molar-refractivity contribution < 1.29 is 27.1 Å². The fourth-order valence-corrected chi connectivity index (χ4v) is 5.25. The molecule has 0 radical (unpaired) electrons. The van der Waals surface area contributed by atoms with Crippen molar-refractivity contribution in [1.82, 2.24) is 9.62 Å². The lowest BCUT2D eigenvalue weighted by Gasteiger charge is -2.21. The first-order chi connectivity index (χ1) is 15.9. The molecule has 0 spiro atoms. The number of hydrogen-bond acceptors (Lipinski definition) is 6. The van der Waals surface area contributed by atoms with Gasteiger partial charge in [-0.3, -0.25) is 4.79 Å². The highest BCUT2D eigenvalue weighted by atomic mass is 32.2. The van der Waals surface area contributed by atoms with Crippen LogP contribution in [0.3, 0.4) is 0 Å². The number of nitrogens with one attached hydrogen (secondary N) is 1. The fraction of sp³-hybridized carbons (Fsp3) is 0.542. The van der Waals surface area contributed by atoms with Gasteiger partial charge in [-0.05, 0) is 49.4 Å². The standard InChI is InChI=1S/C24H30N2O6S/c1-16-13-20(16)21-7-5-18(32-21)15-26(17-3-4-17)24(27)9-10-25-33(28,29)19-6-8-22-23(14-19)31-12-2-11-30-22/h5-8,14,16-17,20,25H,2-4,9-13,15H2,1H3. The van der Waals surface area contributed by atoms with Gasteiger partial charge in [0.15, 0.2) is 11.5 Å². The minimum Gasteiger partial charge on any atom is -0.490 e. The molecule has 3 aliphatic rings. The third kappa shape index (κ3) is 5.19. The summed E-state index contributed by atoms with van der Waals surface area (Å²) in [7, 11) is -3.77. The minimum absolute atomic E-state index is 0.0296. The summed E-state index contributed by atoms with van der Waals surface area (Å²) in [6.07, 6.45) is 3.94. The molecular weight excluding hydrogens is 444 g/mol. The van der Waals surface area contributed by atoms with Gasteiger partial charge in [0, 0.05) is 37.4 Å². The summed E-state index contributed by atoms with van der Waals surface area (Å²) in [5, 5.41) is 0. The average molecular weight is 475 g/mol. The number of amides is 1. The van der Waals surface area contributed by atoms with Crippen LogP contribution in [0.15, 0.2) is 39.6 Å². The first kappa shape index (κ1) is 22.3. The van der Waals surface area contributed by atoms with Crippen molar-refractivity contribution in [2.24, 2.45) is 5.92 Å². The van der Waals surface area contributed by atoms with Crippen molar-refractivity contribution in [1.29, 1.82) is 0 Å². The highest BCUT2D eigenvalue weighted by Gasteiger charge is 2.37. The molecule has 178 valence electrons. The first-order valence-corrected chi connectivity index (χ1v) is 13.2. The Morgan fingerprint density at radius 1 is 1.12 bits per heavy atom. The predicted octanol–water partition coefficient (Wildman–Crippen LogP) is 3.42. The van der Waals surface area contributed by atoms with Crippen LogP contribution in [0.1, 0.15) is 56.5 Å². The number of fused-ring (bicyclic) bond motifs is 1. The number of benzene rings is 1. The summed E-state index contributed by atoms with van der Waals surface area (Å²) in [5.74, 6) is 3.85. The summed E-state index contributed by atoms with van der Waals surface area (Å²) in [6.45, 7) is 3.68. The first-order valence-electron chi connectivity index (χ1n) is 11.7. The second-order valence-electron chi connectivity index (χ2n) is 9.18. The second-order valence-corrected chi connectivity index (χ2v) is 11.0. The molecule has 5 rings (SSSR count). The average Bonchev–Trinajstić information content (AvgIpc) is 3.71. The Labute approximate surface area is 194 Å². The molecular formula is C24H30N2O6S. The number of rotatable bonds is 9. The molecule has 2 fully saturated rings. The van der Waals surface area contributed by atoms with Gasteiger partial charge in [0.05, 0.1) is 24.7 Å². The van der Waals surface area contributed by atoms with Gasteiger partial charge in [0.2, 0.25) is 15.9 Å². The Morgan fingerprint density at radius 3 is 2.61 bits per heavy atom. The van der Waals surface area contributed by atoms with E-state index >= 15 is 0 Å². The Hall–Kier alpha value is -2.52. The summed E-state index contributed by atoms with van der Waals surface area (Å²) < 4.78 is 45.2. The zero-order valence-electron chi connectivity index (χ0n) is 18.8. The van der Waals surface area contributed by atoms with E-state index in [0.29, 0.717) is 43.1 Å². The van der Waals surface area contributed by atoms with E-state index in [1.54, 1.807) is 6.07 Å². The Balaban J connectivity index is 1.17. The van der Waals surface area contributed by atoms with Crippen molar-refractivity contribution in [2.45, 2.75) is 62.4 Å². The zero-order chi connectivity index (χ0) is 23.0. The van der Waals surface area contributed by atoms with Gasteiger partial charge in [0.1, 0.15) is 11.5 Å². The van der Waals surface area contributed by atoms with Gasteiger partial charge < -0.3 is 18.8 Å². The van der Waals surface area contributed by atoms with Gasteiger partial charge in [-0.2, -0.15) is 0 Å². The van der Waals surface area contributed by atoms with E-state index in [1.165, 1.54) is 12.1 Å². The van der Waals surface area contributed by atoms with Gasteiger partial charge in [-0.25, -0.2) is 13.1 Å². The van der Waals surface area contributed by atoms with Gasteiger partial charge in [-0.15, -0.1) is 0 Å². The lowest BCUT2D eigenvalue weighted by atomic mass is 10.3. The molecule has 8 nitrogen and oxygen atoms in total. The third-order valence-corrected chi connectivity index (χ3v) is 7.91. The van der Waals surface area contributed by atoms with E-state index in [9.17, 15) is 13.2 Å². The zero-order valence-corrected chi connectivity index (χ0v) is 19.6. The van der Waals surface area contributed by atoms with Crippen LogP contribution in [0.2, 0.25) is 0 Å². The van der Waals surface area contributed by atoms with Crippen LogP contribution in [0.5, 0.6) is 11.5 Å². The summed E-state index contributed by atoms with van der Waals surface area (Å²) >= 11 is 0. The topological polar surface area (TPSA) is 98.1 Å². The maximum absolute atomic E-state index is 12.9. The van der Waals surface area contributed by atoms with E-state index in [1.807, 2.05) is 17.0 Å². The number of furan rings is 1. The Kier molecular flexibility index (Phi) is 6.09. The van der Waals surface area contributed by atoms with E-state index in [-0.39, 0.29) is 29.8 Å². The number of carbonyl (C=O) groups excluding carboxylic acids is 1. The van der Waals surface area contributed by atoms with Crippen LogP contribution in [0.25, 0.3) is 0 Å². The summed E-state index contributed by atoms with van der Waals surface area (Å²) in [4.78, 5) is 14.8. The molecule has 2 atom stereocenters. The third-order valence-electron chi connectivity index (χ3n) is 6.45. The van der Waals surface area contributed by atoms with E-state index in [4.69, 9.17) is 13.9 Å². The number of carbonyl (C=O) groups is 1. The van der Waals surface area contributed by atoms with Crippen LogP contribution < -0.4 is 14.2 Å². The predicted molar refractivity (Wildman–Crippen MR) is 121 cm³/mol. The van der Waals surface area contributed by atoms with Crippen LogP contribution in [-0.4, -0.2) is 45.0 Å². The molecule has 0 saturated heterocycles. The normalized spacial score (nSPS) is 22.0. The van der Waals surface area contributed by atoms with E-state index in [0.717, 1.165) is 37.2 Å². The highest BCUT2D eigenvalue weighted by molar-refractivity contribution is 7.89. The maximum Gasteiger partial charge on any atom is 0.240 e. The minimum atomic E-state index is -3.77. The van der Waals surface area contributed by atoms with Crippen LogP contribution >= 0.6 is 0 Å². The molecule has 1 aliphatic heterocycles. The molecule has 33 heavy (non-hydrogen) atoms. The van der Waals surface area contributed by atoms with Crippen LogP contribution in [-0.2, 0) is 21.4 Å². The molecule has 1 aromatic carbocycles. The molecule has 2 aliphatic carbocycles. The van der Waals surface area contributed by atoms with Crippen LogP contribution in [0, 0.1) is 5.92 Å². The highest BCUT2D eigenvalue weighted by Crippen LogP contribution is 2.47. The summed E-state index contributed by atoms with van der Waals surface area (Å²) in [6, 6.07) is 8.75. The largest absolute Gasteiger partial charge is 0.490 e. The molecule has 2 heterocycles. The molecule has 1 N–H and O–H groups in total. The molecule has 9 heteroatoms. The number of nitrogens with zero attached hydrogens (tertiary/aromatic N) is 1. The quantitative estimate of drug-likeness (QED) is 0.598. The lowest BCUT2D eigenvalue weighted by Crippen LogP contribution is -2.35. The molecule has 1 aromatic heterocycles. The number of hydrogen-bond donors (Lipinski definition) is 1. The van der Waals surface area contributed by atoms with Crippen molar-refractivity contribution in [2.75, 3.05) is 19.8 Å². The van der Waals surface area contributed by atoms with Crippen molar-refractivity contribution in [3.63, 3.8) is 0 Å². The molecule has 2 saturated carbocycles. The maximum atomic E-state index is 12.9. The number of sulfonamides is 1. The number of ether oxygens (including phenoxy) is 2. The van der Waals surface area contributed by atoms with E-state index in [2.05, 4.69) is 11.6 Å². The van der Waals surface area contributed by atoms with Crippen molar-refractivity contribution in [3.05, 3.63) is 41.9 Å². The van der Waals surface area contributed by atoms with Crippen molar-refractivity contribution >= 4 is 15.9 Å². The molecule has 2 unspecified atom stereocenters. The lowest BCUT2D eigenvalue weighted by molar-refractivity contribution is -0.132. The second kappa shape index (κ2) is 9.02. The van der Waals surface area contributed by atoms with Crippen LogP contribution in [0.4, 0.5) is 0 Å². The monoisotopic (exact) mass is 474 g/mol. The Morgan fingerprint density at radius 2 is 1.88 bits per heavy atom. The van der Waals surface area contributed by atoms with Gasteiger partial charge in [0.25, 0.3) is 0 Å². The van der Waals surface area contributed by atoms with Gasteiger partial charge in [-0.1, -0.05) is 6.92 Å². The fourth-order valence-electron chi connectivity index (χ4n) is 4.20. The summed E-state index contributed by atoms with van der Waals surface area (Å²) in [5.41, 5.74) is 0. The molecule has 1 amide bonds. The smallest absolute Gasteiger partial charge is 0.240 e.